The Balaban J connectivity index is 1.33. The fraction of sp³-hybridized carbons (Fsp3) is 0.545. The molecule has 0 spiro atoms. The van der Waals surface area contributed by atoms with E-state index >= 15 is 0 Å². The summed E-state index contributed by atoms with van der Waals surface area (Å²) in [6.07, 6.45) is 5.90. The van der Waals surface area contributed by atoms with E-state index in [1.165, 1.54) is 17.5 Å². The maximum atomic E-state index is 14.1. The number of benzene rings is 1. The van der Waals surface area contributed by atoms with E-state index in [9.17, 15) is 14.0 Å². The van der Waals surface area contributed by atoms with E-state index in [-0.39, 0.29) is 30.1 Å². The quantitative estimate of drug-likeness (QED) is 0.757. The van der Waals surface area contributed by atoms with Crippen molar-refractivity contribution >= 4 is 11.8 Å². The first-order chi connectivity index (χ1) is 14.6. The van der Waals surface area contributed by atoms with E-state index in [1.54, 1.807) is 11.1 Å². The van der Waals surface area contributed by atoms with Crippen LogP contribution in [0.25, 0.3) is 0 Å². The van der Waals surface area contributed by atoms with Gasteiger partial charge >= 0.3 is 0 Å². The summed E-state index contributed by atoms with van der Waals surface area (Å²) in [5.41, 5.74) is 1.21. The fourth-order valence-corrected chi connectivity index (χ4v) is 4.49. The zero-order valence-electron chi connectivity index (χ0n) is 17.0. The van der Waals surface area contributed by atoms with Gasteiger partial charge in [0.05, 0.1) is 25.3 Å². The van der Waals surface area contributed by atoms with Crippen LogP contribution in [0.2, 0.25) is 0 Å². The van der Waals surface area contributed by atoms with E-state index in [1.807, 2.05) is 30.3 Å². The van der Waals surface area contributed by atoms with Crippen molar-refractivity contribution in [2.75, 3.05) is 6.54 Å². The standard InChI is InChI=1S/C22H28FN5O2/c23-18-11-19(28(13-18)21(29)10-16-6-4-5-7-16)14-27-15-20(25-26-27)22(30)24-12-17-8-2-1-3-9-17/h1-3,8-9,15-16,18-19H,4-7,10-14H2,(H,24,30)/t18-,19-/m0/s1. The lowest BCUT2D eigenvalue weighted by Crippen LogP contribution is -2.39. The Morgan fingerprint density at radius 2 is 1.93 bits per heavy atom. The average molecular weight is 413 g/mol. The first kappa shape index (κ1) is 20.5. The van der Waals surface area contributed by atoms with Gasteiger partial charge in [-0.3, -0.25) is 9.59 Å². The molecule has 1 saturated carbocycles. The Labute approximate surface area is 175 Å². The lowest BCUT2D eigenvalue weighted by Gasteiger charge is -2.25. The Kier molecular flexibility index (Phi) is 6.40. The first-order valence-corrected chi connectivity index (χ1v) is 10.7. The van der Waals surface area contributed by atoms with Gasteiger partial charge in [0.2, 0.25) is 5.91 Å². The van der Waals surface area contributed by atoms with Crippen molar-refractivity contribution in [3.8, 4) is 0 Å². The smallest absolute Gasteiger partial charge is 0.273 e. The Morgan fingerprint density at radius 1 is 1.17 bits per heavy atom. The van der Waals surface area contributed by atoms with Gasteiger partial charge in [-0.2, -0.15) is 0 Å². The summed E-state index contributed by atoms with van der Waals surface area (Å²) in [6, 6.07) is 9.36. The third kappa shape index (κ3) is 5.04. The van der Waals surface area contributed by atoms with Crippen LogP contribution in [0.1, 0.15) is 54.6 Å². The van der Waals surface area contributed by atoms with Crippen molar-refractivity contribution < 1.29 is 14.0 Å². The predicted molar refractivity (Wildman–Crippen MR) is 109 cm³/mol. The van der Waals surface area contributed by atoms with Crippen molar-refractivity contribution in [3.05, 3.63) is 47.8 Å². The molecule has 0 unspecified atom stereocenters. The minimum atomic E-state index is -1.01. The number of hydrogen-bond donors (Lipinski definition) is 1. The number of nitrogens with one attached hydrogen (secondary N) is 1. The molecule has 4 rings (SSSR count). The topological polar surface area (TPSA) is 80.1 Å². The molecule has 1 aliphatic heterocycles. The van der Waals surface area contributed by atoms with Crippen LogP contribution in [-0.2, 0) is 17.9 Å². The van der Waals surface area contributed by atoms with Crippen LogP contribution in [-0.4, -0.2) is 50.5 Å². The van der Waals surface area contributed by atoms with Gasteiger partial charge in [-0.1, -0.05) is 48.4 Å². The molecule has 2 amide bonds. The van der Waals surface area contributed by atoms with Crippen molar-refractivity contribution in [2.24, 2.45) is 5.92 Å². The molecule has 7 nitrogen and oxygen atoms in total. The summed E-state index contributed by atoms with van der Waals surface area (Å²) < 4.78 is 15.6. The molecule has 1 aliphatic carbocycles. The number of carbonyl (C=O) groups is 2. The predicted octanol–water partition coefficient (Wildman–Crippen LogP) is 2.73. The molecule has 2 fully saturated rings. The van der Waals surface area contributed by atoms with Crippen LogP contribution >= 0.6 is 0 Å². The van der Waals surface area contributed by atoms with Crippen molar-refractivity contribution in [1.82, 2.24) is 25.2 Å². The number of nitrogens with zero attached hydrogens (tertiary/aromatic N) is 4. The van der Waals surface area contributed by atoms with E-state index in [0.29, 0.717) is 31.8 Å². The fourth-order valence-electron chi connectivity index (χ4n) is 4.49. The summed E-state index contributed by atoms with van der Waals surface area (Å²) in [5.74, 6) is 0.158. The molecule has 2 aromatic rings. The highest BCUT2D eigenvalue weighted by Crippen LogP contribution is 2.30. The lowest BCUT2D eigenvalue weighted by molar-refractivity contribution is -0.133. The third-order valence-electron chi connectivity index (χ3n) is 6.09. The largest absolute Gasteiger partial charge is 0.347 e. The highest BCUT2D eigenvalue weighted by atomic mass is 19.1. The molecule has 30 heavy (non-hydrogen) atoms. The van der Waals surface area contributed by atoms with Gasteiger partial charge in [-0.05, 0) is 24.3 Å². The highest BCUT2D eigenvalue weighted by Gasteiger charge is 2.36. The molecule has 1 N–H and O–H groups in total. The number of hydrogen-bond acceptors (Lipinski definition) is 4. The molecular weight excluding hydrogens is 385 g/mol. The maximum absolute atomic E-state index is 14.1. The molecule has 8 heteroatoms. The number of halogens is 1. The van der Waals surface area contributed by atoms with Crippen molar-refractivity contribution in [3.63, 3.8) is 0 Å². The van der Waals surface area contributed by atoms with E-state index in [2.05, 4.69) is 15.6 Å². The Bertz CT molecular complexity index is 865. The zero-order chi connectivity index (χ0) is 20.9. The molecule has 1 aromatic heterocycles. The van der Waals surface area contributed by atoms with Gasteiger partial charge in [0.15, 0.2) is 5.69 Å². The van der Waals surface area contributed by atoms with Gasteiger partial charge in [0.25, 0.3) is 5.91 Å². The van der Waals surface area contributed by atoms with Crippen LogP contribution in [0.5, 0.6) is 0 Å². The summed E-state index contributed by atoms with van der Waals surface area (Å²) in [4.78, 5) is 26.7. The number of amides is 2. The van der Waals surface area contributed by atoms with Gasteiger partial charge in [-0.15, -0.1) is 5.10 Å². The lowest BCUT2D eigenvalue weighted by atomic mass is 10.0. The van der Waals surface area contributed by atoms with Crippen LogP contribution in [0.3, 0.4) is 0 Å². The van der Waals surface area contributed by atoms with Crippen LogP contribution in [0.15, 0.2) is 36.5 Å². The second-order valence-corrected chi connectivity index (χ2v) is 8.38. The summed E-state index contributed by atoms with van der Waals surface area (Å²) in [5, 5.41) is 10.8. The van der Waals surface area contributed by atoms with Gasteiger partial charge in [0, 0.05) is 19.4 Å². The molecule has 0 bridgehead atoms. The SMILES string of the molecule is O=C(NCc1ccccc1)c1cn(C[C@@H]2C[C@H](F)CN2C(=O)CC2CCCC2)nn1. The number of alkyl halides is 1. The molecule has 2 heterocycles. The van der Waals surface area contributed by atoms with E-state index in [4.69, 9.17) is 0 Å². The molecule has 2 atom stereocenters. The second kappa shape index (κ2) is 9.36. The van der Waals surface area contributed by atoms with Crippen molar-refractivity contribution in [2.45, 2.75) is 63.8 Å². The molecule has 2 aliphatic rings. The van der Waals surface area contributed by atoms with Gasteiger partial charge in [0.1, 0.15) is 6.17 Å². The second-order valence-electron chi connectivity index (χ2n) is 8.38. The summed E-state index contributed by atoms with van der Waals surface area (Å²) in [6.45, 7) is 0.896. The molecular formula is C22H28FN5O2. The third-order valence-corrected chi connectivity index (χ3v) is 6.09. The highest BCUT2D eigenvalue weighted by molar-refractivity contribution is 5.91. The molecule has 0 radical (unpaired) electrons. The average Bonchev–Trinajstić information content (AvgIpc) is 3.49. The first-order valence-electron chi connectivity index (χ1n) is 10.7. The summed E-state index contributed by atoms with van der Waals surface area (Å²) in [7, 11) is 0. The number of rotatable bonds is 7. The normalized spacial score (nSPS) is 21.8. The van der Waals surface area contributed by atoms with Gasteiger partial charge in [-0.25, -0.2) is 9.07 Å². The molecule has 1 aromatic carbocycles. The van der Waals surface area contributed by atoms with E-state index < -0.39 is 6.17 Å². The number of likely N-dealkylation sites (tertiary alicyclic amines) is 1. The van der Waals surface area contributed by atoms with E-state index in [0.717, 1.165) is 18.4 Å². The van der Waals surface area contributed by atoms with Crippen LogP contribution in [0.4, 0.5) is 4.39 Å². The Hall–Kier alpha value is -2.77. The maximum Gasteiger partial charge on any atom is 0.273 e. The van der Waals surface area contributed by atoms with Gasteiger partial charge < -0.3 is 10.2 Å². The minimum Gasteiger partial charge on any atom is -0.347 e. The van der Waals surface area contributed by atoms with Crippen molar-refractivity contribution in [1.29, 1.82) is 0 Å². The monoisotopic (exact) mass is 413 g/mol. The molecule has 160 valence electrons. The number of aromatic nitrogens is 3. The van der Waals surface area contributed by atoms with Crippen LogP contribution < -0.4 is 5.32 Å². The van der Waals surface area contributed by atoms with Crippen LogP contribution in [0, 0.1) is 5.92 Å². The zero-order valence-corrected chi connectivity index (χ0v) is 17.0. The molecule has 1 saturated heterocycles. The minimum absolute atomic E-state index is 0.0352. The Morgan fingerprint density at radius 3 is 2.70 bits per heavy atom. The number of carbonyl (C=O) groups excluding carboxylic acids is 2. The summed E-state index contributed by atoms with van der Waals surface area (Å²) >= 11 is 0.